The molecule has 1 atom stereocenters. The van der Waals surface area contributed by atoms with Crippen LogP contribution in [0.3, 0.4) is 0 Å². The fourth-order valence-corrected chi connectivity index (χ4v) is 2.53. The van der Waals surface area contributed by atoms with Crippen LogP contribution in [-0.2, 0) is 4.74 Å². The molecule has 1 rings (SSSR count). The van der Waals surface area contributed by atoms with E-state index in [0.29, 0.717) is 18.6 Å². The summed E-state index contributed by atoms with van der Waals surface area (Å²) in [5.74, 6) is 0.714. The molecule has 0 aliphatic heterocycles. The van der Waals surface area contributed by atoms with E-state index in [0.717, 1.165) is 6.61 Å². The molecule has 1 fully saturated rings. The van der Waals surface area contributed by atoms with E-state index in [1.165, 1.54) is 32.1 Å². The zero-order chi connectivity index (χ0) is 12.7. The quantitative estimate of drug-likeness (QED) is 0.774. The SMILES string of the molecule is CC(C)NC(C)(C#N)COCC1CCCCC1. The monoisotopic (exact) mass is 238 g/mol. The highest BCUT2D eigenvalue weighted by Crippen LogP contribution is 2.23. The molecule has 0 amide bonds. The Morgan fingerprint density at radius 3 is 2.53 bits per heavy atom. The molecule has 0 spiro atoms. The predicted octanol–water partition coefficient (Wildman–Crippen LogP) is 2.86. The van der Waals surface area contributed by atoms with Crippen molar-refractivity contribution >= 4 is 0 Å². The van der Waals surface area contributed by atoms with Crippen LogP contribution in [0.15, 0.2) is 0 Å². The minimum atomic E-state index is -0.553. The second-order valence-electron chi connectivity index (χ2n) is 5.76. The van der Waals surface area contributed by atoms with Gasteiger partial charge < -0.3 is 4.74 Å². The Labute approximate surface area is 106 Å². The van der Waals surface area contributed by atoms with Gasteiger partial charge in [0.05, 0.1) is 12.7 Å². The number of nitrogens with one attached hydrogen (secondary N) is 1. The normalized spacial score (nSPS) is 21.1. The first-order valence-electron chi connectivity index (χ1n) is 6.82. The predicted molar refractivity (Wildman–Crippen MR) is 69.7 cm³/mol. The van der Waals surface area contributed by atoms with E-state index in [4.69, 9.17) is 4.74 Å². The lowest BCUT2D eigenvalue weighted by atomic mass is 9.90. The van der Waals surface area contributed by atoms with Gasteiger partial charge in [0.15, 0.2) is 0 Å². The summed E-state index contributed by atoms with van der Waals surface area (Å²) in [6.45, 7) is 7.32. The zero-order valence-corrected chi connectivity index (χ0v) is 11.5. The standard InChI is InChI=1S/C14H26N2O/c1-12(2)16-14(3,10-15)11-17-9-13-7-5-4-6-8-13/h12-13,16H,4-9,11H2,1-3H3. The van der Waals surface area contributed by atoms with Crippen LogP contribution in [-0.4, -0.2) is 24.8 Å². The summed E-state index contributed by atoms with van der Waals surface area (Å²) >= 11 is 0. The van der Waals surface area contributed by atoms with Gasteiger partial charge in [-0.05, 0) is 39.5 Å². The molecule has 0 aromatic rings. The van der Waals surface area contributed by atoms with E-state index >= 15 is 0 Å². The molecule has 1 saturated carbocycles. The Hall–Kier alpha value is -0.590. The van der Waals surface area contributed by atoms with E-state index in [9.17, 15) is 5.26 Å². The average molecular weight is 238 g/mol. The highest BCUT2D eigenvalue weighted by Gasteiger charge is 2.25. The van der Waals surface area contributed by atoms with Crippen molar-refractivity contribution in [2.24, 2.45) is 5.92 Å². The van der Waals surface area contributed by atoms with Crippen molar-refractivity contribution < 1.29 is 4.74 Å². The molecule has 3 heteroatoms. The Balaban J connectivity index is 2.25. The summed E-state index contributed by atoms with van der Waals surface area (Å²) < 4.78 is 5.75. The lowest BCUT2D eigenvalue weighted by Gasteiger charge is -2.27. The first-order valence-corrected chi connectivity index (χ1v) is 6.82. The van der Waals surface area contributed by atoms with E-state index in [-0.39, 0.29) is 0 Å². The molecule has 0 bridgehead atoms. The molecule has 3 nitrogen and oxygen atoms in total. The van der Waals surface area contributed by atoms with E-state index in [1.807, 2.05) is 6.92 Å². The van der Waals surface area contributed by atoms with Crippen LogP contribution in [0.5, 0.6) is 0 Å². The first-order chi connectivity index (χ1) is 8.06. The Bertz CT molecular complexity index is 253. The molecule has 1 N–H and O–H groups in total. The van der Waals surface area contributed by atoms with Crippen LogP contribution in [0.1, 0.15) is 52.9 Å². The van der Waals surface area contributed by atoms with Crippen molar-refractivity contribution in [1.29, 1.82) is 5.26 Å². The van der Waals surface area contributed by atoms with Crippen LogP contribution in [0.25, 0.3) is 0 Å². The number of hydrogen-bond donors (Lipinski definition) is 1. The van der Waals surface area contributed by atoms with Crippen molar-refractivity contribution in [1.82, 2.24) is 5.32 Å². The van der Waals surface area contributed by atoms with Crippen LogP contribution in [0, 0.1) is 17.2 Å². The van der Waals surface area contributed by atoms with Gasteiger partial charge in [-0.3, -0.25) is 5.32 Å². The third-order valence-corrected chi connectivity index (χ3v) is 3.32. The largest absolute Gasteiger partial charge is 0.378 e. The number of nitriles is 1. The van der Waals surface area contributed by atoms with Gasteiger partial charge >= 0.3 is 0 Å². The fraction of sp³-hybridized carbons (Fsp3) is 0.929. The Morgan fingerprint density at radius 2 is 2.00 bits per heavy atom. The van der Waals surface area contributed by atoms with E-state index in [2.05, 4.69) is 25.2 Å². The summed E-state index contributed by atoms with van der Waals surface area (Å²) in [5, 5.41) is 12.4. The van der Waals surface area contributed by atoms with Gasteiger partial charge in [-0.15, -0.1) is 0 Å². The average Bonchev–Trinajstić information content (AvgIpc) is 2.29. The third kappa shape index (κ3) is 5.52. The van der Waals surface area contributed by atoms with Crippen LogP contribution >= 0.6 is 0 Å². The number of hydrogen-bond acceptors (Lipinski definition) is 3. The second-order valence-corrected chi connectivity index (χ2v) is 5.76. The van der Waals surface area contributed by atoms with Gasteiger partial charge in [-0.1, -0.05) is 19.3 Å². The van der Waals surface area contributed by atoms with Gasteiger partial charge in [0, 0.05) is 12.6 Å². The third-order valence-electron chi connectivity index (χ3n) is 3.32. The molecule has 1 aliphatic carbocycles. The lowest BCUT2D eigenvalue weighted by Crippen LogP contribution is -2.48. The maximum Gasteiger partial charge on any atom is 0.127 e. The molecule has 0 aromatic heterocycles. The first kappa shape index (κ1) is 14.5. The van der Waals surface area contributed by atoms with Gasteiger partial charge in [-0.2, -0.15) is 5.26 Å². The van der Waals surface area contributed by atoms with Gasteiger partial charge in [-0.25, -0.2) is 0 Å². The van der Waals surface area contributed by atoms with Crippen LogP contribution in [0.2, 0.25) is 0 Å². The van der Waals surface area contributed by atoms with Crippen LogP contribution in [0.4, 0.5) is 0 Å². The van der Waals surface area contributed by atoms with Crippen molar-refractivity contribution in [3.8, 4) is 6.07 Å². The zero-order valence-electron chi connectivity index (χ0n) is 11.5. The van der Waals surface area contributed by atoms with Crippen molar-refractivity contribution in [2.75, 3.05) is 13.2 Å². The van der Waals surface area contributed by atoms with Crippen LogP contribution < -0.4 is 5.32 Å². The van der Waals surface area contributed by atoms with Gasteiger partial charge in [0.2, 0.25) is 0 Å². The summed E-state index contributed by atoms with van der Waals surface area (Å²) in [6, 6.07) is 2.62. The van der Waals surface area contributed by atoms with Crippen molar-refractivity contribution in [2.45, 2.75) is 64.5 Å². The van der Waals surface area contributed by atoms with Crippen molar-refractivity contribution in [3.05, 3.63) is 0 Å². The molecule has 1 unspecified atom stereocenters. The maximum atomic E-state index is 9.18. The molecule has 1 aliphatic rings. The summed E-state index contributed by atoms with van der Waals surface area (Å²) in [5.41, 5.74) is -0.553. The fourth-order valence-electron chi connectivity index (χ4n) is 2.53. The Morgan fingerprint density at radius 1 is 1.35 bits per heavy atom. The lowest BCUT2D eigenvalue weighted by molar-refractivity contribution is 0.0559. The Kier molecular flexibility index (Phi) is 5.94. The second kappa shape index (κ2) is 6.98. The molecular weight excluding hydrogens is 212 g/mol. The van der Waals surface area contributed by atoms with Gasteiger partial charge in [0.25, 0.3) is 0 Å². The highest BCUT2D eigenvalue weighted by molar-refractivity contribution is 5.04. The van der Waals surface area contributed by atoms with Gasteiger partial charge in [0.1, 0.15) is 5.54 Å². The summed E-state index contributed by atoms with van der Waals surface area (Å²) in [7, 11) is 0. The minimum Gasteiger partial charge on any atom is -0.378 e. The minimum absolute atomic E-state index is 0.304. The molecule has 0 aromatic carbocycles. The van der Waals surface area contributed by atoms with E-state index < -0.39 is 5.54 Å². The van der Waals surface area contributed by atoms with E-state index in [1.54, 1.807) is 0 Å². The molecule has 17 heavy (non-hydrogen) atoms. The number of rotatable bonds is 6. The van der Waals surface area contributed by atoms with Crippen molar-refractivity contribution in [3.63, 3.8) is 0 Å². The molecular formula is C14H26N2O. The highest BCUT2D eigenvalue weighted by atomic mass is 16.5. The summed E-state index contributed by atoms with van der Waals surface area (Å²) in [4.78, 5) is 0. The molecule has 98 valence electrons. The maximum absolute atomic E-state index is 9.18. The topological polar surface area (TPSA) is 45.0 Å². The number of nitrogens with zero attached hydrogens (tertiary/aromatic N) is 1. The molecule has 0 heterocycles. The molecule has 0 radical (unpaired) electrons. The summed E-state index contributed by atoms with van der Waals surface area (Å²) in [6.07, 6.45) is 6.64. The number of ether oxygens (including phenoxy) is 1. The molecule has 0 saturated heterocycles. The smallest absolute Gasteiger partial charge is 0.127 e.